The lowest BCUT2D eigenvalue weighted by molar-refractivity contribution is 0.206. The minimum absolute atomic E-state index is 0.222. The van der Waals surface area contributed by atoms with Gasteiger partial charge in [0.2, 0.25) is 0 Å². The van der Waals surface area contributed by atoms with Gasteiger partial charge in [-0.1, -0.05) is 26.2 Å². The molecule has 0 heterocycles. The normalized spacial score (nSPS) is 12.4. The molecule has 0 saturated carbocycles. The molecular weight excluding hydrogens is 300 g/mol. The van der Waals surface area contributed by atoms with E-state index >= 15 is 0 Å². The zero-order valence-corrected chi connectivity index (χ0v) is 14.5. The van der Waals surface area contributed by atoms with Gasteiger partial charge in [-0.25, -0.2) is 0 Å². The van der Waals surface area contributed by atoms with Crippen LogP contribution in [0, 0.1) is 0 Å². The molecule has 128 valence electrons. The second-order valence-electron chi connectivity index (χ2n) is 5.99. The maximum absolute atomic E-state index is 9.24. The van der Waals surface area contributed by atoms with E-state index in [1.807, 2.05) is 24.3 Å². The second kappa shape index (κ2) is 9.71. The molecule has 0 spiro atoms. The standard InChI is InChI=1S/C20H26N2O2/c1-3-4-5-6-7-16(2)24-20-14-10-18(11-15-20)22-21-17-8-12-19(23)13-9-17/h8-16,23H,3-7H2,1-2H3. The molecule has 4 nitrogen and oxygen atoms in total. The summed E-state index contributed by atoms with van der Waals surface area (Å²) in [6.45, 7) is 4.34. The lowest BCUT2D eigenvalue weighted by Crippen LogP contribution is -2.11. The highest BCUT2D eigenvalue weighted by molar-refractivity contribution is 5.43. The topological polar surface area (TPSA) is 54.2 Å². The Hall–Kier alpha value is -2.36. The van der Waals surface area contributed by atoms with Crippen LogP contribution >= 0.6 is 0 Å². The first-order valence-electron chi connectivity index (χ1n) is 8.65. The molecule has 0 radical (unpaired) electrons. The fourth-order valence-corrected chi connectivity index (χ4v) is 2.38. The van der Waals surface area contributed by atoms with E-state index < -0.39 is 0 Å². The van der Waals surface area contributed by atoms with Crippen molar-refractivity contribution in [3.63, 3.8) is 0 Å². The molecule has 0 aliphatic heterocycles. The highest BCUT2D eigenvalue weighted by Crippen LogP contribution is 2.23. The molecule has 0 amide bonds. The first kappa shape index (κ1) is 18.0. The first-order valence-corrected chi connectivity index (χ1v) is 8.65. The summed E-state index contributed by atoms with van der Waals surface area (Å²) in [6, 6.07) is 14.3. The van der Waals surface area contributed by atoms with E-state index in [1.54, 1.807) is 24.3 Å². The zero-order chi connectivity index (χ0) is 17.2. The highest BCUT2D eigenvalue weighted by Gasteiger charge is 2.04. The Balaban J connectivity index is 1.82. The van der Waals surface area contributed by atoms with Gasteiger partial charge in [0.15, 0.2) is 0 Å². The Bertz CT molecular complexity index is 621. The summed E-state index contributed by atoms with van der Waals surface area (Å²) in [7, 11) is 0. The molecule has 0 aromatic heterocycles. The van der Waals surface area contributed by atoms with Crippen LogP contribution in [0.5, 0.6) is 11.5 Å². The van der Waals surface area contributed by atoms with Gasteiger partial charge in [-0.3, -0.25) is 0 Å². The Morgan fingerprint density at radius 1 is 0.875 bits per heavy atom. The maximum atomic E-state index is 9.24. The van der Waals surface area contributed by atoms with Gasteiger partial charge < -0.3 is 9.84 Å². The number of benzene rings is 2. The van der Waals surface area contributed by atoms with E-state index in [0.717, 1.165) is 17.9 Å². The number of ether oxygens (including phenoxy) is 1. The molecule has 0 aliphatic carbocycles. The van der Waals surface area contributed by atoms with Crippen LogP contribution in [-0.2, 0) is 0 Å². The Morgan fingerprint density at radius 3 is 2.04 bits per heavy atom. The summed E-state index contributed by atoms with van der Waals surface area (Å²) in [6.07, 6.45) is 6.37. The van der Waals surface area contributed by atoms with Gasteiger partial charge in [0.1, 0.15) is 11.5 Å². The molecule has 4 heteroatoms. The third kappa shape index (κ3) is 6.41. The largest absolute Gasteiger partial charge is 0.508 e. The average molecular weight is 326 g/mol. The smallest absolute Gasteiger partial charge is 0.119 e. The minimum Gasteiger partial charge on any atom is -0.508 e. The van der Waals surface area contributed by atoms with Crippen molar-refractivity contribution in [2.45, 2.75) is 52.1 Å². The number of phenolic OH excluding ortho intramolecular Hbond substituents is 1. The summed E-state index contributed by atoms with van der Waals surface area (Å²) in [5.41, 5.74) is 1.47. The van der Waals surface area contributed by atoms with Crippen LogP contribution in [0.2, 0.25) is 0 Å². The Morgan fingerprint density at radius 2 is 1.46 bits per heavy atom. The highest BCUT2D eigenvalue weighted by atomic mass is 16.5. The number of hydrogen-bond donors (Lipinski definition) is 1. The van der Waals surface area contributed by atoms with Crippen molar-refractivity contribution in [2.24, 2.45) is 10.2 Å². The predicted octanol–water partition coefficient (Wildman–Crippen LogP) is 6.55. The van der Waals surface area contributed by atoms with E-state index in [-0.39, 0.29) is 11.9 Å². The van der Waals surface area contributed by atoms with Crippen LogP contribution in [0.1, 0.15) is 46.0 Å². The van der Waals surface area contributed by atoms with Gasteiger partial charge in [-0.2, -0.15) is 10.2 Å². The summed E-state index contributed by atoms with van der Waals surface area (Å²) in [5.74, 6) is 1.08. The first-order chi connectivity index (χ1) is 11.7. The third-order valence-corrected chi connectivity index (χ3v) is 3.77. The van der Waals surface area contributed by atoms with Gasteiger partial charge >= 0.3 is 0 Å². The molecule has 0 bridgehead atoms. The van der Waals surface area contributed by atoms with E-state index in [0.29, 0.717) is 5.69 Å². The molecule has 2 rings (SSSR count). The van der Waals surface area contributed by atoms with Gasteiger partial charge in [0.05, 0.1) is 17.5 Å². The minimum atomic E-state index is 0.222. The van der Waals surface area contributed by atoms with Crippen LogP contribution in [0.4, 0.5) is 11.4 Å². The Kier molecular flexibility index (Phi) is 7.27. The zero-order valence-electron chi connectivity index (χ0n) is 14.5. The van der Waals surface area contributed by atoms with Gasteiger partial charge in [-0.15, -0.1) is 0 Å². The number of unbranched alkanes of at least 4 members (excludes halogenated alkanes) is 3. The van der Waals surface area contributed by atoms with Crippen molar-refractivity contribution in [2.75, 3.05) is 0 Å². The Labute approximate surface area is 144 Å². The van der Waals surface area contributed by atoms with Gasteiger partial charge in [0.25, 0.3) is 0 Å². The maximum Gasteiger partial charge on any atom is 0.119 e. The number of rotatable bonds is 9. The van der Waals surface area contributed by atoms with Crippen molar-refractivity contribution in [1.82, 2.24) is 0 Å². The number of phenols is 1. The number of nitrogens with zero attached hydrogens (tertiary/aromatic N) is 2. The SMILES string of the molecule is CCCCCCC(C)Oc1ccc(N=Nc2ccc(O)cc2)cc1. The predicted molar refractivity (Wildman–Crippen MR) is 97.6 cm³/mol. The van der Waals surface area contributed by atoms with Crippen LogP contribution < -0.4 is 4.74 Å². The molecule has 1 N–H and O–H groups in total. The van der Waals surface area contributed by atoms with E-state index in [4.69, 9.17) is 4.74 Å². The van der Waals surface area contributed by atoms with E-state index in [9.17, 15) is 5.11 Å². The summed E-state index contributed by atoms with van der Waals surface area (Å²) in [5, 5.41) is 17.6. The summed E-state index contributed by atoms with van der Waals surface area (Å²) in [4.78, 5) is 0. The van der Waals surface area contributed by atoms with Gasteiger partial charge in [0, 0.05) is 0 Å². The lowest BCUT2D eigenvalue weighted by atomic mass is 10.1. The van der Waals surface area contributed by atoms with Crippen LogP contribution in [-0.4, -0.2) is 11.2 Å². The molecule has 0 fully saturated rings. The van der Waals surface area contributed by atoms with Crippen molar-refractivity contribution in [1.29, 1.82) is 0 Å². The monoisotopic (exact) mass is 326 g/mol. The fraction of sp³-hybridized carbons (Fsp3) is 0.400. The molecule has 2 aromatic carbocycles. The summed E-state index contributed by atoms with van der Waals surface area (Å²) < 4.78 is 5.93. The van der Waals surface area contributed by atoms with Crippen LogP contribution in [0.15, 0.2) is 58.8 Å². The second-order valence-corrected chi connectivity index (χ2v) is 5.99. The molecule has 0 saturated heterocycles. The van der Waals surface area contributed by atoms with Crippen molar-refractivity contribution in [3.8, 4) is 11.5 Å². The number of hydrogen-bond acceptors (Lipinski definition) is 4. The molecule has 24 heavy (non-hydrogen) atoms. The van der Waals surface area contributed by atoms with E-state index in [1.165, 1.54) is 25.7 Å². The molecular formula is C20H26N2O2. The molecule has 0 aliphatic rings. The van der Waals surface area contributed by atoms with Crippen molar-refractivity contribution < 1.29 is 9.84 Å². The van der Waals surface area contributed by atoms with Crippen LogP contribution in [0.3, 0.4) is 0 Å². The molecule has 1 atom stereocenters. The number of aromatic hydroxyl groups is 1. The lowest BCUT2D eigenvalue weighted by Gasteiger charge is -2.14. The molecule has 1 unspecified atom stereocenters. The average Bonchev–Trinajstić information content (AvgIpc) is 2.59. The molecule has 2 aromatic rings. The van der Waals surface area contributed by atoms with Gasteiger partial charge in [-0.05, 0) is 68.3 Å². The van der Waals surface area contributed by atoms with Crippen molar-refractivity contribution >= 4 is 11.4 Å². The van der Waals surface area contributed by atoms with Crippen molar-refractivity contribution in [3.05, 3.63) is 48.5 Å². The quantitative estimate of drug-likeness (QED) is 0.420. The third-order valence-electron chi connectivity index (χ3n) is 3.77. The van der Waals surface area contributed by atoms with E-state index in [2.05, 4.69) is 24.1 Å². The fourth-order valence-electron chi connectivity index (χ4n) is 2.38. The number of azo groups is 1. The van der Waals surface area contributed by atoms with Crippen LogP contribution in [0.25, 0.3) is 0 Å². The summed E-state index contributed by atoms with van der Waals surface area (Å²) >= 11 is 0.